The van der Waals surface area contributed by atoms with Gasteiger partial charge in [-0.25, -0.2) is 4.98 Å². The summed E-state index contributed by atoms with van der Waals surface area (Å²) in [5, 5.41) is 3.31. The van der Waals surface area contributed by atoms with Crippen molar-refractivity contribution in [2.45, 2.75) is 6.10 Å². The maximum Gasteiger partial charge on any atom is 0.138 e. The molecule has 0 amide bonds. The number of ether oxygens (including phenoxy) is 1. The zero-order chi connectivity index (χ0) is 11.0. The minimum Gasteiger partial charge on any atom is -0.369 e. The van der Waals surface area contributed by atoms with Gasteiger partial charge in [0.25, 0.3) is 0 Å². The Balaban J connectivity index is 1.97. The van der Waals surface area contributed by atoms with E-state index in [0.29, 0.717) is 0 Å². The van der Waals surface area contributed by atoms with Gasteiger partial charge in [-0.2, -0.15) is 0 Å². The van der Waals surface area contributed by atoms with Crippen molar-refractivity contribution in [2.75, 3.05) is 19.7 Å². The monoisotopic (exact) mass is 281 g/mol. The summed E-state index contributed by atoms with van der Waals surface area (Å²) in [6.07, 6.45) is 4.10. The fourth-order valence-corrected chi connectivity index (χ4v) is 2.21. The van der Waals surface area contributed by atoms with E-state index in [9.17, 15) is 0 Å². The summed E-state index contributed by atoms with van der Waals surface area (Å²) in [6.45, 7) is 2.52. The van der Waals surface area contributed by atoms with Crippen molar-refractivity contribution in [3.8, 4) is 0 Å². The Bertz CT molecular complexity index is 505. The summed E-state index contributed by atoms with van der Waals surface area (Å²) in [4.78, 5) is 4.57. The largest absolute Gasteiger partial charge is 0.369 e. The summed E-state index contributed by atoms with van der Waals surface area (Å²) < 4.78 is 8.73. The molecule has 0 aliphatic carbocycles. The standard InChI is InChI=1S/C11H12BrN3O/c12-8-1-3-15-7-9(14-11(15)5-8)10-6-13-2-4-16-10/h1,3,5,7,10,13H,2,4,6H2. The first-order chi connectivity index (χ1) is 7.83. The van der Waals surface area contributed by atoms with Crippen molar-refractivity contribution in [2.24, 2.45) is 0 Å². The van der Waals surface area contributed by atoms with Crippen LogP contribution in [0.3, 0.4) is 0 Å². The van der Waals surface area contributed by atoms with Crippen molar-refractivity contribution in [3.05, 3.63) is 34.7 Å². The average Bonchev–Trinajstić information content (AvgIpc) is 2.73. The zero-order valence-electron chi connectivity index (χ0n) is 8.69. The molecule has 3 heterocycles. The van der Waals surface area contributed by atoms with E-state index in [1.54, 1.807) is 0 Å². The topological polar surface area (TPSA) is 38.6 Å². The molecule has 1 unspecified atom stereocenters. The third-order valence-corrected chi connectivity index (χ3v) is 3.19. The number of pyridine rings is 1. The lowest BCUT2D eigenvalue weighted by molar-refractivity contribution is 0.0253. The average molecular weight is 282 g/mol. The van der Waals surface area contributed by atoms with Crippen LogP contribution in [0.2, 0.25) is 0 Å². The van der Waals surface area contributed by atoms with Crippen LogP contribution in [0.25, 0.3) is 5.65 Å². The zero-order valence-corrected chi connectivity index (χ0v) is 10.3. The Morgan fingerprint density at radius 3 is 3.31 bits per heavy atom. The minimum absolute atomic E-state index is 0.0763. The first kappa shape index (κ1) is 10.3. The molecule has 2 aromatic heterocycles. The number of halogens is 1. The van der Waals surface area contributed by atoms with Gasteiger partial charge in [0.1, 0.15) is 11.8 Å². The van der Waals surface area contributed by atoms with E-state index < -0.39 is 0 Å². The van der Waals surface area contributed by atoms with Gasteiger partial charge < -0.3 is 14.5 Å². The van der Waals surface area contributed by atoms with E-state index in [0.717, 1.165) is 35.5 Å². The fourth-order valence-electron chi connectivity index (χ4n) is 1.89. The molecule has 0 bridgehead atoms. The predicted octanol–water partition coefficient (Wildman–Crippen LogP) is 1.76. The molecule has 4 nitrogen and oxygen atoms in total. The number of hydrogen-bond acceptors (Lipinski definition) is 3. The number of rotatable bonds is 1. The molecule has 1 aliphatic rings. The SMILES string of the molecule is Brc1ccn2cc(C3CNCCO3)nc2c1. The quantitative estimate of drug-likeness (QED) is 0.866. The first-order valence-electron chi connectivity index (χ1n) is 5.29. The van der Waals surface area contributed by atoms with Crippen LogP contribution in [-0.4, -0.2) is 29.1 Å². The van der Waals surface area contributed by atoms with Gasteiger partial charge in [0, 0.05) is 30.0 Å². The minimum atomic E-state index is 0.0763. The van der Waals surface area contributed by atoms with Gasteiger partial charge in [-0.15, -0.1) is 0 Å². The maximum atomic E-state index is 5.67. The molecule has 0 radical (unpaired) electrons. The van der Waals surface area contributed by atoms with Crippen LogP contribution in [0.15, 0.2) is 29.0 Å². The highest BCUT2D eigenvalue weighted by Crippen LogP contribution is 2.20. The van der Waals surface area contributed by atoms with Gasteiger partial charge in [0.15, 0.2) is 0 Å². The van der Waals surface area contributed by atoms with Gasteiger partial charge in [0.2, 0.25) is 0 Å². The molecule has 1 saturated heterocycles. The second kappa shape index (κ2) is 4.16. The molecule has 1 atom stereocenters. The summed E-state index contributed by atoms with van der Waals surface area (Å²) in [5.41, 5.74) is 1.93. The number of fused-ring (bicyclic) bond motifs is 1. The molecule has 84 valence electrons. The third-order valence-electron chi connectivity index (χ3n) is 2.70. The van der Waals surface area contributed by atoms with Crippen molar-refractivity contribution < 1.29 is 4.74 Å². The molecular weight excluding hydrogens is 270 g/mol. The van der Waals surface area contributed by atoms with Gasteiger partial charge in [-0.3, -0.25) is 0 Å². The second-order valence-corrected chi connectivity index (χ2v) is 4.76. The highest BCUT2D eigenvalue weighted by atomic mass is 79.9. The molecule has 1 N–H and O–H groups in total. The van der Waals surface area contributed by atoms with Gasteiger partial charge in [-0.1, -0.05) is 15.9 Å². The second-order valence-electron chi connectivity index (χ2n) is 3.84. The van der Waals surface area contributed by atoms with Crippen LogP contribution < -0.4 is 5.32 Å². The summed E-state index contributed by atoms with van der Waals surface area (Å²) in [7, 11) is 0. The van der Waals surface area contributed by atoms with Crippen LogP contribution >= 0.6 is 15.9 Å². The molecule has 16 heavy (non-hydrogen) atoms. The lowest BCUT2D eigenvalue weighted by Gasteiger charge is -2.21. The molecule has 0 aromatic carbocycles. The molecule has 1 aliphatic heterocycles. The van der Waals surface area contributed by atoms with E-state index in [4.69, 9.17) is 4.74 Å². The fraction of sp³-hybridized carbons (Fsp3) is 0.364. The van der Waals surface area contributed by atoms with Crippen molar-refractivity contribution in [1.29, 1.82) is 0 Å². The van der Waals surface area contributed by atoms with Crippen LogP contribution in [0.4, 0.5) is 0 Å². The van der Waals surface area contributed by atoms with Crippen molar-refractivity contribution in [1.82, 2.24) is 14.7 Å². The number of imidazole rings is 1. The Labute approximate surface area is 102 Å². The predicted molar refractivity (Wildman–Crippen MR) is 64.5 cm³/mol. The molecule has 5 heteroatoms. The van der Waals surface area contributed by atoms with E-state index in [1.807, 2.05) is 28.9 Å². The van der Waals surface area contributed by atoms with E-state index in [2.05, 4.69) is 26.2 Å². The lowest BCUT2D eigenvalue weighted by Crippen LogP contribution is -2.33. The maximum absolute atomic E-state index is 5.67. The summed E-state index contributed by atoms with van der Waals surface area (Å²) in [5.74, 6) is 0. The third kappa shape index (κ3) is 1.86. The Morgan fingerprint density at radius 2 is 2.50 bits per heavy atom. The summed E-state index contributed by atoms with van der Waals surface area (Å²) in [6, 6.07) is 4.00. The van der Waals surface area contributed by atoms with Crippen molar-refractivity contribution in [3.63, 3.8) is 0 Å². The number of hydrogen-bond donors (Lipinski definition) is 1. The Kier molecular flexibility index (Phi) is 2.67. The number of aromatic nitrogens is 2. The van der Waals surface area contributed by atoms with Crippen LogP contribution in [0, 0.1) is 0 Å². The summed E-state index contributed by atoms with van der Waals surface area (Å²) >= 11 is 3.44. The highest BCUT2D eigenvalue weighted by Gasteiger charge is 2.18. The normalized spacial score (nSPS) is 21.4. The van der Waals surface area contributed by atoms with E-state index >= 15 is 0 Å². The van der Waals surface area contributed by atoms with Gasteiger partial charge in [0.05, 0.1) is 12.3 Å². The number of morpholine rings is 1. The highest BCUT2D eigenvalue weighted by molar-refractivity contribution is 9.10. The molecule has 0 saturated carbocycles. The molecule has 1 fully saturated rings. The van der Waals surface area contributed by atoms with E-state index in [-0.39, 0.29) is 6.10 Å². The smallest absolute Gasteiger partial charge is 0.138 e. The molecular formula is C11H12BrN3O. The lowest BCUT2D eigenvalue weighted by atomic mass is 10.2. The van der Waals surface area contributed by atoms with Gasteiger partial charge >= 0.3 is 0 Å². The van der Waals surface area contributed by atoms with E-state index in [1.165, 1.54) is 0 Å². The first-order valence-corrected chi connectivity index (χ1v) is 6.09. The van der Waals surface area contributed by atoms with Gasteiger partial charge in [-0.05, 0) is 12.1 Å². The molecule has 0 spiro atoms. The number of nitrogens with one attached hydrogen (secondary N) is 1. The number of nitrogens with zero attached hydrogens (tertiary/aromatic N) is 2. The Hall–Kier alpha value is -0.910. The van der Waals surface area contributed by atoms with Crippen LogP contribution in [0.1, 0.15) is 11.8 Å². The van der Waals surface area contributed by atoms with Crippen LogP contribution in [0.5, 0.6) is 0 Å². The van der Waals surface area contributed by atoms with Crippen LogP contribution in [-0.2, 0) is 4.74 Å². The Morgan fingerprint density at radius 1 is 1.56 bits per heavy atom. The molecule has 2 aromatic rings. The molecule has 3 rings (SSSR count). The van der Waals surface area contributed by atoms with Crippen molar-refractivity contribution >= 4 is 21.6 Å².